The van der Waals surface area contributed by atoms with Gasteiger partial charge in [-0.25, -0.2) is 0 Å². The maximum atomic E-state index is 10.5. The Hall–Kier alpha value is -1.58. The number of hydrogen-bond donors (Lipinski definition) is 1. The first-order valence-electron chi connectivity index (χ1n) is 5.92. The fraction of sp³-hybridized carbons (Fsp3) is 0.538. The number of carboxylic acid groups (broad SMARTS) is 1. The Kier molecular flexibility index (Phi) is 4.94. The minimum atomic E-state index is -0.736. The van der Waals surface area contributed by atoms with Gasteiger partial charge in [0.05, 0.1) is 0 Å². The Bertz CT molecular complexity index is 377. The summed E-state index contributed by atoms with van der Waals surface area (Å²) in [6, 6.07) is 4.35. The van der Waals surface area contributed by atoms with Crippen LogP contribution in [0.25, 0.3) is 0 Å². The van der Waals surface area contributed by atoms with Gasteiger partial charge in [0.2, 0.25) is 0 Å². The molecule has 94 valence electrons. The Labute approximate surface area is 102 Å². The van der Waals surface area contributed by atoms with Gasteiger partial charge in [-0.1, -0.05) is 0 Å². The van der Waals surface area contributed by atoms with Gasteiger partial charge >= 0.3 is 5.97 Å². The van der Waals surface area contributed by atoms with Gasteiger partial charge in [0, 0.05) is 36.6 Å². The van der Waals surface area contributed by atoms with Crippen molar-refractivity contribution in [1.82, 2.24) is 4.98 Å². The Morgan fingerprint density at radius 2 is 2.24 bits per heavy atom. The molecule has 0 aromatic carbocycles. The van der Waals surface area contributed by atoms with Crippen LogP contribution in [0, 0.1) is 6.92 Å². The highest BCUT2D eigenvalue weighted by Crippen LogP contribution is 2.17. The van der Waals surface area contributed by atoms with Crippen molar-refractivity contribution in [3.63, 3.8) is 0 Å². The molecule has 1 aromatic heterocycles. The maximum absolute atomic E-state index is 10.5. The fourth-order valence-corrected chi connectivity index (χ4v) is 1.80. The third-order valence-corrected chi connectivity index (χ3v) is 2.62. The molecule has 4 nitrogen and oxygen atoms in total. The van der Waals surface area contributed by atoms with Crippen molar-refractivity contribution >= 4 is 11.7 Å². The second kappa shape index (κ2) is 6.23. The van der Waals surface area contributed by atoms with Crippen LogP contribution in [0.4, 0.5) is 5.69 Å². The van der Waals surface area contributed by atoms with E-state index in [1.54, 1.807) is 6.20 Å². The molecule has 0 aliphatic carbocycles. The lowest BCUT2D eigenvalue weighted by Crippen LogP contribution is -2.32. The topological polar surface area (TPSA) is 53.4 Å². The molecule has 0 amide bonds. The number of aliphatic carboxylic acids is 1. The van der Waals surface area contributed by atoms with Crippen LogP contribution in [-0.2, 0) is 4.79 Å². The summed E-state index contributed by atoms with van der Waals surface area (Å²) < 4.78 is 0. The first-order valence-corrected chi connectivity index (χ1v) is 5.92. The number of carbonyl (C=O) groups is 1. The highest BCUT2D eigenvalue weighted by molar-refractivity contribution is 5.66. The standard InChI is InChI=1S/C13H20N2O2/c1-10(2)15(8-4-5-13(16)17)12-6-7-14-11(3)9-12/h6-7,9-10H,4-5,8H2,1-3H3,(H,16,17). The predicted molar refractivity (Wildman–Crippen MR) is 68.3 cm³/mol. The summed E-state index contributed by atoms with van der Waals surface area (Å²) in [5, 5.41) is 8.65. The average Bonchev–Trinajstić information content (AvgIpc) is 2.23. The van der Waals surface area contributed by atoms with Crippen LogP contribution in [0.2, 0.25) is 0 Å². The zero-order valence-corrected chi connectivity index (χ0v) is 10.7. The molecule has 0 spiro atoms. The quantitative estimate of drug-likeness (QED) is 0.824. The summed E-state index contributed by atoms with van der Waals surface area (Å²) in [5.41, 5.74) is 2.09. The minimum absolute atomic E-state index is 0.216. The summed E-state index contributed by atoms with van der Waals surface area (Å²) in [6.45, 7) is 6.93. The SMILES string of the molecule is Cc1cc(N(CCCC(=O)O)C(C)C)ccn1. The molecule has 0 radical (unpaired) electrons. The van der Waals surface area contributed by atoms with E-state index in [-0.39, 0.29) is 6.42 Å². The maximum Gasteiger partial charge on any atom is 0.303 e. The van der Waals surface area contributed by atoms with Crippen molar-refractivity contribution in [2.24, 2.45) is 0 Å². The number of anilines is 1. The summed E-state index contributed by atoms with van der Waals surface area (Å²) in [4.78, 5) is 16.9. The average molecular weight is 236 g/mol. The van der Waals surface area contributed by atoms with Gasteiger partial charge in [-0.15, -0.1) is 0 Å². The smallest absolute Gasteiger partial charge is 0.303 e. The molecule has 1 N–H and O–H groups in total. The zero-order chi connectivity index (χ0) is 12.8. The molecule has 0 fully saturated rings. The highest BCUT2D eigenvalue weighted by atomic mass is 16.4. The van der Waals surface area contributed by atoms with Gasteiger partial charge in [-0.05, 0) is 39.3 Å². The third-order valence-electron chi connectivity index (χ3n) is 2.62. The van der Waals surface area contributed by atoms with Crippen LogP contribution >= 0.6 is 0 Å². The highest BCUT2D eigenvalue weighted by Gasteiger charge is 2.11. The van der Waals surface area contributed by atoms with Crippen LogP contribution in [0.5, 0.6) is 0 Å². The monoisotopic (exact) mass is 236 g/mol. The van der Waals surface area contributed by atoms with Gasteiger partial charge in [-0.3, -0.25) is 9.78 Å². The summed E-state index contributed by atoms with van der Waals surface area (Å²) in [5.74, 6) is -0.736. The van der Waals surface area contributed by atoms with E-state index in [2.05, 4.69) is 23.7 Å². The lowest BCUT2D eigenvalue weighted by Gasteiger charge is -2.29. The van der Waals surface area contributed by atoms with E-state index in [0.29, 0.717) is 12.5 Å². The molecular weight excluding hydrogens is 216 g/mol. The number of carboxylic acids is 1. The van der Waals surface area contributed by atoms with Crippen LogP contribution in [-0.4, -0.2) is 28.6 Å². The minimum Gasteiger partial charge on any atom is -0.481 e. The van der Waals surface area contributed by atoms with E-state index < -0.39 is 5.97 Å². The number of aryl methyl sites for hydroxylation is 1. The molecule has 17 heavy (non-hydrogen) atoms. The van der Waals surface area contributed by atoms with E-state index in [4.69, 9.17) is 5.11 Å². The zero-order valence-electron chi connectivity index (χ0n) is 10.7. The molecule has 1 rings (SSSR count). The van der Waals surface area contributed by atoms with E-state index in [1.807, 2.05) is 19.1 Å². The Balaban J connectivity index is 2.69. The first-order chi connectivity index (χ1) is 8.00. The third kappa shape index (κ3) is 4.43. The number of rotatable bonds is 6. The van der Waals surface area contributed by atoms with Crippen LogP contribution in [0.15, 0.2) is 18.3 Å². The molecule has 0 saturated heterocycles. The predicted octanol–water partition coefficient (Wildman–Crippen LogP) is 2.47. The van der Waals surface area contributed by atoms with Crippen LogP contribution in [0.1, 0.15) is 32.4 Å². The Morgan fingerprint density at radius 1 is 1.53 bits per heavy atom. The van der Waals surface area contributed by atoms with Crippen molar-refractivity contribution in [3.05, 3.63) is 24.0 Å². The normalized spacial score (nSPS) is 10.6. The van der Waals surface area contributed by atoms with Crippen molar-refractivity contribution < 1.29 is 9.90 Å². The largest absolute Gasteiger partial charge is 0.481 e. The molecule has 0 aliphatic rings. The van der Waals surface area contributed by atoms with Gasteiger partial charge in [0.25, 0.3) is 0 Å². The summed E-state index contributed by atoms with van der Waals surface area (Å²) >= 11 is 0. The number of nitrogens with zero attached hydrogens (tertiary/aromatic N) is 2. The molecule has 1 aromatic rings. The van der Waals surface area contributed by atoms with Crippen molar-refractivity contribution in [2.45, 2.75) is 39.7 Å². The fourth-order valence-electron chi connectivity index (χ4n) is 1.80. The first kappa shape index (κ1) is 13.5. The lowest BCUT2D eigenvalue weighted by atomic mass is 10.2. The molecule has 0 bridgehead atoms. The second-order valence-electron chi connectivity index (χ2n) is 4.44. The number of pyridine rings is 1. The van der Waals surface area contributed by atoms with Crippen LogP contribution < -0.4 is 4.90 Å². The Morgan fingerprint density at radius 3 is 2.76 bits per heavy atom. The van der Waals surface area contributed by atoms with Crippen molar-refractivity contribution in [2.75, 3.05) is 11.4 Å². The van der Waals surface area contributed by atoms with Crippen molar-refractivity contribution in [1.29, 1.82) is 0 Å². The molecule has 0 saturated carbocycles. The molecule has 0 atom stereocenters. The van der Waals surface area contributed by atoms with Gasteiger partial charge in [0.15, 0.2) is 0 Å². The summed E-state index contributed by atoms with van der Waals surface area (Å²) in [6.07, 6.45) is 2.67. The molecule has 0 unspecified atom stereocenters. The van der Waals surface area contributed by atoms with E-state index >= 15 is 0 Å². The van der Waals surface area contributed by atoms with E-state index in [0.717, 1.165) is 17.9 Å². The summed E-state index contributed by atoms with van der Waals surface area (Å²) in [7, 11) is 0. The van der Waals surface area contributed by atoms with Crippen LogP contribution in [0.3, 0.4) is 0 Å². The molecular formula is C13H20N2O2. The number of hydrogen-bond acceptors (Lipinski definition) is 3. The van der Waals surface area contributed by atoms with Gasteiger partial charge in [-0.2, -0.15) is 0 Å². The number of aromatic nitrogens is 1. The van der Waals surface area contributed by atoms with E-state index in [1.165, 1.54) is 0 Å². The second-order valence-corrected chi connectivity index (χ2v) is 4.44. The van der Waals surface area contributed by atoms with E-state index in [9.17, 15) is 4.79 Å². The lowest BCUT2D eigenvalue weighted by molar-refractivity contribution is -0.137. The van der Waals surface area contributed by atoms with Crippen molar-refractivity contribution in [3.8, 4) is 0 Å². The molecule has 4 heteroatoms. The van der Waals surface area contributed by atoms with Gasteiger partial charge < -0.3 is 10.0 Å². The molecule has 1 heterocycles. The molecule has 0 aliphatic heterocycles. The van der Waals surface area contributed by atoms with Gasteiger partial charge in [0.1, 0.15) is 0 Å².